The van der Waals surface area contributed by atoms with Crippen LogP contribution in [0.25, 0.3) is 11.1 Å². The number of aliphatic hydroxyl groups excluding tert-OH is 1. The average molecular weight is 666 g/mol. The lowest BCUT2D eigenvalue weighted by Gasteiger charge is -2.36. The lowest BCUT2D eigenvalue weighted by molar-refractivity contribution is -0.147. The summed E-state index contributed by atoms with van der Waals surface area (Å²) in [6.07, 6.45) is 4.53. The van der Waals surface area contributed by atoms with Gasteiger partial charge in [0.25, 0.3) is 0 Å². The molecule has 2 aliphatic heterocycles. The van der Waals surface area contributed by atoms with Gasteiger partial charge < -0.3 is 30.1 Å². The molecule has 3 aromatic carbocycles. The van der Waals surface area contributed by atoms with E-state index >= 15 is 0 Å². The first-order chi connectivity index (χ1) is 23.8. The number of alkyl carbamates (subject to hydrolysis) is 1. The van der Waals surface area contributed by atoms with Gasteiger partial charge in [-0.3, -0.25) is 9.59 Å². The molecule has 0 bridgehead atoms. The second-order valence-corrected chi connectivity index (χ2v) is 13.1. The molecule has 3 aromatic rings. The molecular formula is C39H43N3O7. The van der Waals surface area contributed by atoms with Crippen molar-refractivity contribution in [2.75, 3.05) is 19.8 Å². The van der Waals surface area contributed by atoms with E-state index in [0.29, 0.717) is 25.8 Å². The molecule has 3 N–H and O–H groups in total. The third-order valence-electron chi connectivity index (χ3n) is 9.67. The van der Waals surface area contributed by atoms with Crippen LogP contribution in [0.3, 0.4) is 0 Å². The summed E-state index contributed by atoms with van der Waals surface area (Å²) < 4.78 is 11.2. The van der Waals surface area contributed by atoms with Crippen LogP contribution in [0.1, 0.15) is 60.8 Å². The second kappa shape index (κ2) is 15.5. The number of nitrogens with one attached hydrogen (secondary N) is 2. The number of rotatable bonds is 6. The number of benzene rings is 3. The van der Waals surface area contributed by atoms with E-state index in [1.807, 2.05) is 72.8 Å². The molecule has 10 nitrogen and oxygen atoms in total. The Morgan fingerprint density at radius 3 is 2.35 bits per heavy atom. The van der Waals surface area contributed by atoms with Crippen LogP contribution in [0.15, 0.2) is 84.9 Å². The van der Waals surface area contributed by atoms with Gasteiger partial charge in [-0.05, 0) is 66.0 Å². The fourth-order valence-electron chi connectivity index (χ4n) is 7.04. The monoisotopic (exact) mass is 665 g/mol. The zero-order chi connectivity index (χ0) is 34.3. The molecule has 2 heterocycles. The molecule has 3 amide bonds. The molecule has 1 aliphatic carbocycles. The number of hydrogen-bond donors (Lipinski definition) is 3. The van der Waals surface area contributed by atoms with Crippen LogP contribution in [-0.2, 0) is 36.8 Å². The predicted octanol–water partition coefficient (Wildman–Crippen LogP) is 4.63. The van der Waals surface area contributed by atoms with Gasteiger partial charge in [0.2, 0.25) is 11.8 Å². The molecule has 4 atom stereocenters. The molecule has 0 fully saturated rings. The molecule has 0 radical (unpaired) electrons. The summed E-state index contributed by atoms with van der Waals surface area (Å²) in [6.45, 7) is 1.96. The highest BCUT2D eigenvalue weighted by molar-refractivity contribution is 5.87. The van der Waals surface area contributed by atoms with Crippen molar-refractivity contribution in [1.29, 1.82) is 0 Å². The van der Waals surface area contributed by atoms with E-state index in [0.717, 1.165) is 33.4 Å². The van der Waals surface area contributed by atoms with Crippen LogP contribution in [0.2, 0.25) is 0 Å². The Labute approximate surface area is 286 Å². The molecule has 0 saturated heterocycles. The first kappa shape index (κ1) is 33.9. The summed E-state index contributed by atoms with van der Waals surface area (Å²) in [7, 11) is 0. The smallest absolute Gasteiger partial charge is 0.407 e. The Kier molecular flexibility index (Phi) is 10.7. The highest BCUT2D eigenvalue weighted by atomic mass is 16.6. The van der Waals surface area contributed by atoms with Gasteiger partial charge in [-0.2, -0.15) is 0 Å². The summed E-state index contributed by atoms with van der Waals surface area (Å²) in [5.41, 5.74) is 6.58. The van der Waals surface area contributed by atoms with E-state index < -0.39 is 30.1 Å². The van der Waals surface area contributed by atoms with E-state index in [9.17, 15) is 24.3 Å². The number of fused-ring (bicyclic) bond motifs is 4. The van der Waals surface area contributed by atoms with Crippen molar-refractivity contribution in [1.82, 2.24) is 15.5 Å². The van der Waals surface area contributed by atoms with Crippen LogP contribution in [0.4, 0.5) is 4.79 Å². The lowest BCUT2D eigenvalue weighted by atomic mass is 9.92. The number of aliphatic hydroxyl groups is 1. The van der Waals surface area contributed by atoms with Crippen molar-refractivity contribution in [2.45, 2.75) is 69.6 Å². The summed E-state index contributed by atoms with van der Waals surface area (Å²) in [5, 5.41) is 15.6. The van der Waals surface area contributed by atoms with Crippen molar-refractivity contribution in [3.05, 3.63) is 107 Å². The summed E-state index contributed by atoms with van der Waals surface area (Å²) in [4.78, 5) is 54.6. The average Bonchev–Trinajstić information content (AvgIpc) is 3.44. The number of nitrogens with zero attached hydrogens (tertiary/aromatic N) is 1. The molecule has 6 rings (SSSR count). The number of amides is 3. The number of cyclic esters (lactones) is 1. The lowest BCUT2D eigenvalue weighted by Crippen LogP contribution is -2.48. The van der Waals surface area contributed by atoms with Crippen molar-refractivity contribution >= 4 is 23.9 Å². The second-order valence-electron chi connectivity index (χ2n) is 13.1. The molecule has 256 valence electrons. The van der Waals surface area contributed by atoms with Crippen LogP contribution < -0.4 is 10.6 Å². The SMILES string of the molecule is C[C@H]1COC(=O)[C@@H](NC(=O)OCC2c3ccccc3-c3ccccc32)CCC=CC[C@H](CC(=O)N2Cc3ccccc3C[C@H]2CO)C(=O)N1. The Balaban J connectivity index is 1.07. The summed E-state index contributed by atoms with van der Waals surface area (Å²) in [5.74, 6) is -1.88. The zero-order valence-electron chi connectivity index (χ0n) is 27.7. The van der Waals surface area contributed by atoms with E-state index in [4.69, 9.17) is 9.47 Å². The first-order valence-electron chi connectivity index (χ1n) is 17.0. The largest absolute Gasteiger partial charge is 0.462 e. The maximum atomic E-state index is 13.5. The predicted molar refractivity (Wildman–Crippen MR) is 183 cm³/mol. The summed E-state index contributed by atoms with van der Waals surface area (Å²) in [6, 6.07) is 22.2. The van der Waals surface area contributed by atoms with Crippen molar-refractivity contribution in [3.8, 4) is 11.1 Å². The molecule has 0 saturated carbocycles. The van der Waals surface area contributed by atoms with Crippen molar-refractivity contribution < 1.29 is 33.8 Å². The fraction of sp³-hybridized carbons (Fsp3) is 0.385. The standard InChI is InChI=1S/C39H43N3O7/c1-25-23-48-38(46)35(41-39(47)49-24-34-32-16-9-7-14-30(32)31-15-8-10-17-33(31)34)18-4-2-3-12-27(37(45)40-25)20-36(44)42-21-28-13-6-5-11-26(28)19-29(42)22-43/h2-3,5-11,13-17,25,27,29,34-35,43H,4,12,18-24H2,1H3,(H,40,45)(H,41,47)/t25-,27+,29-,35-/m0/s1. The minimum absolute atomic E-state index is 0.0205. The Morgan fingerprint density at radius 1 is 0.959 bits per heavy atom. The topological polar surface area (TPSA) is 134 Å². The molecular weight excluding hydrogens is 622 g/mol. The van der Waals surface area contributed by atoms with Gasteiger partial charge in [0.1, 0.15) is 19.3 Å². The minimum atomic E-state index is -0.946. The Bertz CT molecular complexity index is 1680. The van der Waals surface area contributed by atoms with Gasteiger partial charge in [0, 0.05) is 18.9 Å². The molecule has 10 heteroatoms. The minimum Gasteiger partial charge on any atom is -0.462 e. The Morgan fingerprint density at radius 2 is 1.63 bits per heavy atom. The van der Waals surface area contributed by atoms with Crippen LogP contribution in [0, 0.1) is 5.92 Å². The number of carbonyl (C=O) groups is 4. The van der Waals surface area contributed by atoms with Gasteiger partial charge in [-0.1, -0.05) is 84.9 Å². The molecule has 49 heavy (non-hydrogen) atoms. The number of carbonyl (C=O) groups excluding carboxylic acids is 4. The van der Waals surface area contributed by atoms with Gasteiger partial charge in [0.15, 0.2) is 0 Å². The van der Waals surface area contributed by atoms with E-state index in [1.54, 1.807) is 11.8 Å². The molecule has 0 aromatic heterocycles. The summed E-state index contributed by atoms with van der Waals surface area (Å²) >= 11 is 0. The van der Waals surface area contributed by atoms with E-state index in [2.05, 4.69) is 22.8 Å². The van der Waals surface area contributed by atoms with E-state index in [-0.39, 0.29) is 56.4 Å². The molecule has 0 unspecified atom stereocenters. The highest BCUT2D eigenvalue weighted by Gasteiger charge is 2.33. The van der Waals surface area contributed by atoms with Crippen LogP contribution in [0.5, 0.6) is 0 Å². The number of hydrogen-bond acceptors (Lipinski definition) is 7. The van der Waals surface area contributed by atoms with Crippen molar-refractivity contribution in [2.24, 2.45) is 5.92 Å². The normalized spacial score (nSPS) is 22.6. The van der Waals surface area contributed by atoms with Crippen LogP contribution >= 0.6 is 0 Å². The first-order valence-corrected chi connectivity index (χ1v) is 17.0. The fourth-order valence-corrected chi connectivity index (χ4v) is 7.04. The number of allylic oxidation sites excluding steroid dienone is 2. The molecule has 3 aliphatic rings. The van der Waals surface area contributed by atoms with Gasteiger partial charge >= 0.3 is 12.1 Å². The van der Waals surface area contributed by atoms with Gasteiger partial charge in [0.05, 0.1) is 24.6 Å². The number of esters is 1. The zero-order valence-corrected chi connectivity index (χ0v) is 27.7. The highest BCUT2D eigenvalue weighted by Crippen LogP contribution is 2.44. The third kappa shape index (κ3) is 7.86. The van der Waals surface area contributed by atoms with Crippen LogP contribution in [-0.4, -0.2) is 71.8 Å². The quantitative estimate of drug-likeness (QED) is 0.258. The van der Waals surface area contributed by atoms with E-state index in [1.165, 1.54) is 0 Å². The van der Waals surface area contributed by atoms with Crippen molar-refractivity contribution in [3.63, 3.8) is 0 Å². The third-order valence-corrected chi connectivity index (χ3v) is 9.67. The number of ether oxygens (including phenoxy) is 2. The maximum Gasteiger partial charge on any atom is 0.407 e. The maximum absolute atomic E-state index is 13.5. The molecule has 0 spiro atoms. The van der Waals surface area contributed by atoms with Gasteiger partial charge in [-0.25, -0.2) is 9.59 Å². The van der Waals surface area contributed by atoms with Gasteiger partial charge in [-0.15, -0.1) is 0 Å². The Hall–Kier alpha value is -4.96.